The zero-order valence-electron chi connectivity index (χ0n) is 11.6. The largest absolute Gasteiger partial charge is 0.416 e. The van der Waals surface area contributed by atoms with Crippen molar-refractivity contribution in [3.05, 3.63) is 68.7 Å². The summed E-state index contributed by atoms with van der Waals surface area (Å²) in [5.74, 6) is 0. The smallest absolute Gasteiger partial charge is 0.320 e. The highest BCUT2D eigenvalue weighted by molar-refractivity contribution is 9.10. The third kappa shape index (κ3) is 3.47. The molecule has 0 aliphatic heterocycles. The first-order valence-corrected chi connectivity index (χ1v) is 7.19. The normalized spacial score (nSPS) is 13.3. The monoisotopic (exact) mass is 357 g/mol. The second-order valence-corrected chi connectivity index (χ2v) is 5.97. The number of halogens is 4. The second-order valence-electron chi connectivity index (χ2n) is 5.05. The predicted molar refractivity (Wildman–Crippen MR) is 81.1 cm³/mol. The summed E-state index contributed by atoms with van der Waals surface area (Å²) in [6, 6.07) is 8.73. The van der Waals surface area contributed by atoms with Crippen LogP contribution in [-0.2, 0) is 6.18 Å². The molecule has 2 N–H and O–H groups in total. The molecule has 0 spiro atoms. The molecule has 0 saturated carbocycles. The SMILES string of the molecule is Cc1ccc(C(N)c2ccc(Br)cc2C(F)(F)F)cc1C. The lowest BCUT2D eigenvalue weighted by Crippen LogP contribution is -2.18. The average molecular weight is 358 g/mol. The summed E-state index contributed by atoms with van der Waals surface area (Å²) in [5.41, 5.74) is 8.20. The van der Waals surface area contributed by atoms with E-state index in [0.717, 1.165) is 17.2 Å². The van der Waals surface area contributed by atoms with E-state index in [1.807, 2.05) is 26.0 Å². The third-order valence-corrected chi connectivity index (χ3v) is 4.04. The Morgan fingerprint density at radius 2 is 1.67 bits per heavy atom. The summed E-state index contributed by atoms with van der Waals surface area (Å²) < 4.78 is 39.9. The zero-order valence-corrected chi connectivity index (χ0v) is 13.2. The molecule has 0 fully saturated rings. The van der Waals surface area contributed by atoms with Gasteiger partial charge in [0.2, 0.25) is 0 Å². The zero-order chi connectivity index (χ0) is 15.8. The van der Waals surface area contributed by atoms with Gasteiger partial charge < -0.3 is 5.73 Å². The molecule has 0 saturated heterocycles. The first kappa shape index (κ1) is 16.0. The third-order valence-electron chi connectivity index (χ3n) is 3.55. The van der Waals surface area contributed by atoms with Crippen LogP contribution >= 0.6 is 15.9 Å². The number of benzene rings is 2. The van der Waals surface area contributed by atoms with E-state index in [9.17, 15) is 13.2 Å². The van der Waals surface area contributed by atoms with Gasteiger partial charge in [-0.25, -0.2) is 0 Å². The minimum absolute atomic E-state index is 0.0777. The van der Waals surface area contributed by atoms with E-state index in [1.165, 1.54) is 6.07 Å². The molecule has 0 aromatic heterocycles. The van der Waals surface area contributed by atoms with Gasteiger partial charge in [-0.15, -0.1) is 0 Å². The maximum absolute atomic E-state index is 13.2. The summed E-state index contributed by atoms with van der Waals surface area (Å²) in [4.78, 5) is 0. The molecular weight excluding hydrogens is 343 g/mol. The highest BCUT2D eigenvalue weighted by Crippen LogP contribution is 2.37. The minimum Gasteiger partial charge on any atom is -0.320 e. The summed E-state index contributed by atoms with van der Waals surface area (Å²) >= 11 is 3.07. The van der Waals surface area contributed by atoms with Gasteiger partial charge in [0.05, 0.1) is 11.6 Å². The molecule has 1 nitrogen and oxygen atoms in total. The van der Waals surface area contributed by atoms with E-state index in [4.69, 9.17) is 5.73 Å². The van der Waals surface area contributed by atoms with Gasteiger partial charge in [0.25, 0.3) is 0 Å². The summed E-state index contributed by atoms with van der Waals surface area (Å²) in [5, 5.41) is 0. The van der Waals surface area contributed by atoms with E-state index in [-0.39, 0.29) is 5.56 Å². The van der Waals surface area contributed by atoms with Crippen LogP contribution in [0.3, 0.4) is 0 Å². The molecule has 2 aromatic rings. The molecule has 112 valence electrons. The minimum atomic E-state index is -4.43. The Hall–Kier alpha value is -1.33. The molecule has 1 atom stereocenters. The van der Waals surface area contributed by atoms with Crippen LogP contribution in [0.25, 0.3) is 0 Å². The van der Waals surface area contributed by atoms with Gasteiger partial charge in [-0.1, -0.05) is 40.2 Å². The standard InChI is InChI=1S/C16H15BrF3N/c1-9-3-4-11(7-10(9)2)15(21)13-6-5-12(17)8-14(13)16(18,19)20/h3-8,15H,21H2,1-2H3. The molecule has 0 radical (unpaired) electrons. The fourth-order valence-electron chi connectivity index (χ4n) is 2.18. The first-order valence-electron chi connectivity index (χ1n) is 6.39. The maximum atomic E-state index is 13.2. The van der Waals surface area contributed by atoms with Gasteiger partial charge in [-0.05, 0) is 48.2 Å². The van der Waals surface area contributed by atoms with Crippen molar-refractivity contribution >= 4 is 15.9 Å². The Labute approximate surface area is 130 Å². The van der Waals surface area contributed by atoms with Crippen LogP contribution in [0.4, 0.5) is 13.2 Å². The molecule has 1 unspecified atom stereocenters. The van der Waals surface area contributed by atoms with Crippen molar-refractivity contribution in [1.82, 2.24) is 0 Å². The van der Waals surface area contributed by atoms with Crippen molar-refractivity contribution in [3.8, 4) is 0 Å². The van der Waals surface area contributed by atoms with Gasteiger partial charge in [0.15, 0.2) is 0 Å². The predicted octanol–water partition coefficient (Wildman–Crippen LogP) is 5.13. The molecule has 0 aliphatic rings. The lowest BCUT2D eigenvalue weighted by molar-refractivity contribution is -0.138. The van der Waals surface area contributed by atoms with Crippen molar-refractivity contribution in [2.24, 2.45) is 5.73 Å². The Kier molecular flexibility index (Phi) is 4.44. The van der Waals surface area contributed by atoms with Gasteiger partial charge in [0, 0.05) is 4.47 Å². The van der Waals surface area contributed by atoms with Crippen molar-refractivity contribution in [1.29, 1.82) is 0 Å². The second kappa shape index (κ2) is 5.81. The number of hydrogen-bond donors (Lipinski definition) is 1. The van der Waals surface area contributed by atoms with Crippen molar-refractivity contribution < 1.29 is 13.2 Å². The molecular formula is C16H15BrF3N. The molecule has 0 heterocycles. The van der Waals surface area contributed by atoms with Crippen LogP contribution in [0, 0.1) is 13.8 Å². The Morgan fingerprint density at radius 1 is 1.00 bits per heavy atom. The molecule has 0 amide bonds. The van der Waals surface area contributed by atoms with Crippen LogP contribution in [-0.4, -0.2) is 0 Å². The van der Waals surface area contributed by atoms with Gasteiger partial charge in [-0.2, -0.15) is 13.2 Å². The fourth-order valence-corrected chi connectivity index (χ4v) is 2.54. The van der Waals surface area contributed by atoms with Crippen molar-refractivity contribution in [2.45, 2.75) is 26.1 Å². The topological polar surface area (TPSA) is 26.0 Å². The Morgan fingerprint density at radius 3 is 2.24 bits per heavy atom. The lowest BCUT2D eigenvalue weighted by atomic mass is 9.93. The molecule has 0 aliphatic carbocycles. The van der Waals surface area contributed by atoms with Gasteiger partial charge >= 0.3 is 6.18 Å². The van der Waals surface area contributed by atoms with Crippen LogP contribution < -0.4 is 5.73 Å². The van der Waals surface area contributed by atoms with Gasteiger partial charge in [0.1, 0.15) is 0 Å². The van der Waals surface area contributed by atoms with Gasteiger partial charge in [-0.3, -0.25) is 0 Å². The molecule has 2 rings (SSSR count). The summed E-state index contributed by atoms with van der Waals surface area (Å²) in [6.07, 6.45) is -4.43. The number of nitrogens with two attached hydrogens (primary N) is 1. The van der Waals surface area contributed by atoms with E-state index < -0.39 is 17.8 Å². The highest BCUT2D eigenvalue weighted by atomic mass is 79.9. The maximum Gasteiger partial charge on any atom is 0.416 e. The van der Waals surface area contributed by atoms with Crippen LogP contribution in [0.15, 0.2) is 40.9 Å². The van der Waals surface area contributed by atoms with Crippen LogP contribution in [0.1, 0.15) is 33.9 Å². The first-order chi connectivity index (χ1) is 9.70. The molecule has 2 aromatic carbocycles. The summed E-state index contributed by atoms with van der Waals surface area (Å²) in [6.45, 7) is 3.86. The fraction of sp³-hybridized carbons (Fsp3) is 0.250. The average Bonchev–Trinajstić information content (AvgIpc) is 2.40. The number of rotatable bonds is 2. The molecule has 0 bridgehead atoms. The lowest BCUT2D eigenvalue weighted by Gasteiger charge is -2.20. The molecule has 21 heavy (non-hydrogen) atoms. The number of alkyl halides is 3. The van der Waals surface area contributed by atoms with E-state index >= 15 is 0 Å². The van der Waals surface area contributed by atoms with E-state index in [2.05, 4.69) is 15.9 Å². The van der Waals surface area contributed by atoms with E-state index in [0.29, 0.717) is 10.0 Å². The molecule has 5 heteroatoms. The van der Waals surface area contributed by atoms with Crippen LogP contribution in [0.5, 0.6) is 0 Å². The summed E-state index contributed by atoms with van der Waals surface area (Å²) in [7, 11) is 0. The van der Waals surface area contributed by atoms with Crippen LogP contribution in [0.2, 0.25) is 0 Å². The number of hydrogen-bond acceptors (Lipinski definition) is 1. The van der Waals surface area contributed by atoms with Crippen molar-refractivity contribution in [2.75, 3.05) is 0 Å². The highest BCUT2D eigenvalue weighted by Gasteiger charge is 2.35. The quantitative estimate of drug-likeness (QED) is 0.791. The Balaban J connectivity index is 2.52. The number of aryl methyl sites for hydroxylation is 2. The van der Waals surface area contributed by atoms with E-state index in [1.54, 1.807) is 12.1 Å². The van der Waals surface area contributed by atoms with Crippen molar-refractivity contribution in [3.63, 3.8) is 0 Å². The Bertz CT molecular complexity index is 665.